The fraction of sp³-hybridized carbons (Fsp3) is 0.375. The van der Waals surface area contributed by atoms with Crippen LogP contribution in [0.3, 0.4) is 0 Å². The number of benzene rings is 2. The van der Waals surface area contributed by atoms with E-state index < -0.39 is 15.3 Å². The van der Waals surface area contributed by atoms with Gasteiger partial charge in [-0.2, -0.15) is 4.31 Å². The number of rotatable bonds is 12. The van der Waals surface area contributed by atoms with E-state index >= 15 is 0 Å². The summed E-state index contributed by atoms with van der Waals surface area (Å²) in [6.07, 6.45) is 0. The van der Waals surface area contributed by atoms with Crippen molar-refractivity contribution in [3.05, 3.63) is 48.0 Å². The summed E-state index contributed by atoms with van der Waals surface area (Å²) >= 11 is 2.61. The van der Waals surface area contributed by atoms with E-state index in [-0.39, 0.29) is 10.8 Å². The highest BCUT2D eigenvalue weighted by Gasteiger charge is 2.25. The van der Waals surface area contributed by atoms with Gasteiger partial charge in [-0.05, 0) is 50.6 Å². The van der Waals surface area contributed by atoms with Gasteiger partial charge in [-0.15, -0.1) is 10.2 Å². The van der Waals surface area contributed by atoms with Crippen LogP contribution in [0.4, 0.5) is 16.5 Å². The molecule has 0 aliphatic heterocycles. The molecular formula is C24H31N5O4S3. The summed E-state index contributed by atoms with van der Waals surface area (Å²) in [6, 6.07) is 12.5. The number of aryl methyl sites for hydroxylation is 1. The van der Waals surface area contributed by atoms with Gasteiger partial charge in [0.2, 0.25) is 21.1 Å². The summed E-state index contributed by atoms with van der Waals surface area (Å²) in [5, 5.41) is 14.5. The molecule has 2 aromatic carbocycles. The highest BCUT2D eigenvalue weighted by atomic mass is 32.2. The van der Waals surface area contributed by atoms with E-state index in [1.165, 1.54) is 33.5 Å². The summed E-state index contributed by atoms with van der Waals surface area (Å²) in [5.74, 6) is 0.457. The van der Waals surface area contributed by atoms with Gasteiger partial charge in [0.25, 0.3) is 0 Å². The molecule has 9 nitrogen and oxygen atoms in total. The van der Waals surface area contributed by atoms with Crippen molar-refractivity contribution in [1.82, 2.24) is 14.5 Å². The number of nitrogens with zero attached hydrogens (tertiary/aromatic N) is 3. The van der Waals surface area contributed by atoms with Crippen LogP contribution in [0.1, 0.15) is 33.3 Å². The zero-order chi connectivity index (χ0) is 26.3. The van der Waals surface area contributed by atoms with E-state index in [2.05, 4.69) is 20.8 Å². The number of aromatic nitrogens is 2. The quantitative estimate of drug-likeness (QED) is 0.299. The van der Waals surface area contributed by atoms with Crippen LogP contribution in [0.15, 0.2) is 51.7 Å². The van der Waals surface area contributed by atoms with Gasteiger partial charge in [0.05, 0.1) is 22.4 Å². The van der Waals surface area contributed by atoms with E-state index in [0.29, 0.717) is 40.4 Å². The smallest absolute Gasteiger partial charge is 0.243 e. The minimum absolute atomic E-state index is 0.191. The van der Waals surface area contributed by atoms with E-state index in [9.17, 15) is 13.2 Å². The van der Waals surface area contributed by atoms with Crippen LogP contribution in [-0.2, 0) is 14.8 Å². The number of carbonyl (C=O) groups excluding carboxylic acids is 1. The zero-order valence-electron chi connectivity index (χ0n) is 20.9. The molecule has 1 heterocycles. The van der Waals surface area contributed by atoms with Gasteiger partial charge >= 0.3 is 0 Å². The fourth-order valence-corrected chi connectivity index (χ4v) is 7.00. The molecule has 1 atom stereocenters. The van der Waals surface area contributed by atoms with Crippen molar-refractivity contribution < 1.29 is 17.9 Å². The van der Waals surface area contributed by atoms with Gasteiger partial charge in [0.15, 0.2) is 4.34 Å². The number of amides is 1. The Kier molecular flexibility index (Phi) is 9.71. The monoisotopic (exact) mass is 549 g/mol. The van der Waals surface area contributed by atoms with E-state index in [4.69, 9.17) is 4.74 Å². The van der Waals surface area contributed by atoms with E-state index in [0.717, 1.165) is 11.4 Å². The minimum atomic E-state index is -3.64. The number of sulfonamides is 1. The van der Waals surface area contributed by atoms with Crippen molar-refractivity contribution in [2.45, 2.75) is 49.1 Å². The summed E-state index contributed by atoms with van der Waals surface area (Å²) in [5.41, 5.74) is 1.84. The Morgan fingerprint density at radius 1 is 1.14 bits per heavy atom. The van der Waals surface area contributed by atoms with Crippen LogP contribution >= 0.6 is 23.1 Å². The number of para-hydroxylation sites is 2. The van der Waals surface area contributed by atoms with Gasteiger partial charge in [0.1, 0.15) is 5.75 Å². The molecule has 194 valence electrons. The molecular weight excluding hydrogens is 518 g/mol. The molecule has 12 heteroatoms. The van der Waals surface area contributed by atoms with Crippen LogP contribution in [0, 0.1) is 6.92 Å². The molecule has 0 bridgehead atoms. The van der Waals surface area contributed by atoms with Crippen LogP contribution in [0.5, 0.6) is 5.75 Å². The van der Waals surface area contributed by atoms with Crippen LogP contribution in [0.2, 0.25) is 0 Å². The zero-order valence-corrected chi connectivity index (χ0v) is 23.4. The van der Waals surface area contributed by atoms with E-state index in [1.54, 1.807) is 39.8 Å². The van der Waals surface area contributed by atoms with Crippen molar-refractivity contribution in [3.8, 4) is 5.75 Å². The first kappa shape index (κ1) is 27.9. The van der Waals surface area contributed by atoms with Crippen molar-refractivity contribution in [2.75, 3.05) is 30.3 Å². The number of ether oxygens (including phenoxy) is 1. The predicted molar refractivity (Wildman–Crippen MR) is 146 cm³/mol. The standard InChI is InChI=1S/C24H31N5O4S3/c1-6-29(7-2)36(31,32)21-15-18(14-13-16(21)4)25-22(30)17(5)34-24-28-27-23(35-24)26-19-11-9-10-12-20(19)33-8-3/h9-15,17H,6-8H2,1-5H3,(H,25,30)(H,26,27). The molecule has 36 heavy (non-hydrogen) atoms. The molecule has 3 rings (SSSR count). The number of carbonyl (C=O) groups is 1. The summed E-state index contributed by atoms with van der Waals surface area (Å²) in [7, 11) is -3.64. The maximum absolute atomic E-state index is 13.0. The largest absolute Gasteiger partial charge is 0.492 e. The first-order chi connectivity index (χ1) is 17.2. The Hall–Kier alpha value is -2.67. The van der Waals surface area contributed by atoms with Gasteiger partial charge in [-0.1, -0.05) is 55.1 Å². The Bertz CT molecular complexity index is 1290. The average molecular weight is 550 g/mol. The third-order valence-corrected chi connectivity index (χ3v) is 9.48. The van der Waals surface area contributed by atoms with Crippen molar-refractivity contribution in [3.63, 3.8) is 0 Å². The summed E-state index contributed by atoms with van der Waals surface area (Å²) in [4.78, 5) is 13.0. The average Bonchev–Trinajstić information content (AvgIpc) is 3.28. The molecule has 2 N–H and O–H groups in total. The third-order valence-electron chi connectivity index (χ3n) is 5.26. The molecule has 1 amide bonds. The normalized spacial score (nSPS) is 12.4. The second kappa shape index (κ2) is 12.5. The van der Waals surface area contributed by atoms with Crippen LogP contribution in [0.25, 0.3) is 0 Å². The SMILES string of the molecule is CCOc1ccccc1Nc1nnc(SC(C)C(=O)Nc2ccc(C)c(S(=O)(=O)N(CC)CC)c2)s1. The van der Waals surface area contributed by atoms with Crippen molar-refractivity contribution in [2.24, 2.45) is 0 Å². The lowest BCUT2D eigenvalue weighted by atomic mass is 10.2. The lowest BCUT2D eigenvalue weighted by molar-refractivity contribution is -0.115. The lowest BCUT2D eigenvalue weighted by Crippen LogP contribution is -2.31. The van der Waals surface area contributed by atoms with Gasteiger partial charge < -0.3 is 15.4 Å². The third kappa shape index (κ3) is 6.75. The number of hydrogen-bond acceptors (Lipinski definition) is 9. The van der Waals surface area contributed by atoms with E-state index in [1.807, 2.05) is 31.2 Å². The minimum Gasteiger partial charge on any atom is -0.492 e. The summed E-state index contributed by atoms with van der Waals surface area (Å²) < 4.78 is 33.7. The van der Waals surface area contributed by atoms with Gasteiger partial charge in [-0.25, -0.2) is 8.42 Å². The first-order valence-corrected chi connectivity index (χ1v) is 14.7. The second-order valence-electron chi connectivity index (χ2n) is 7.75. The lowest BCUT2D eigenvalue weighted by Gasteiger charge is -2.20. The first-order valence-electron chi connectivity index (χ1n) is 11.6. The maximum atomic E-state index is 13.0. The molecule has 3 aromatic rings. The molecule has 0 radical (unpaired) electrons. The van der Waals surface area contributed by atoms with Gasteiger partial charge in [0, 0.05) is 18.8 Å². The molecule has 1 aromatic heterocycles. The molecule has 0 saturated heterocycles. The number of hydrogen-bond donors (Lipinski definition) is 2. The molecule has 0 saturated carbocycles. The Balaban J connectivity index is 1.67. The Morgan fingerprint density at radius 3 is 2.56 bits per heavy atom. The van der Waals surface area contributed by atoms with Crippen molar-refractivity contribution >= 4 is 55.5 Å². The Morgan fingerprint density at radius 2 is 1.86 bits per heavy atom. The molecule has 0 spiro atoms. The maximum Gasteiger partial charge on any atom is 0.243 e. The predicted octanol–water partition coefficient (Wildman–Crippen LogP) is 5.14. The fourth-order valence-electron chi connectivity index (χ4n) is 3.38. The van der Waals surface area contributed by atoms with Crippen LogP contribution in [-0.4, -0.2) is 53.8 Å². The highest BCUT2D eigenvalue weighted by Crippen LogP contribution is 2.33. The highest BCUT2D eigenvalue weighted by molar-refractivity contribution is 8.02. The molecule has 1 unspecified atom stereocenters. The number of nitrogens with one attached hydrogen (secondary N) is 2. The molecule has 0 aliphatic rings. The molecule has 0 aliphatic carbocycles. The van der Waals surface area contributed by atoms with Gasteiger partial charge in [-0.3, -0.25) is 4.79 Å². The second-order valence-corrected chi connectivity index (χ2v) is 12.2. The summed E-state index contributed by atoms with van der Waals surface area (Å²) in [6.45, 7) is 10.3. The molecule has 0 fully saturated rings. The number of anilines is 3. The van der Waals surface area contributed by atoms with Crippen LogP contribution < -0.4 is 15.4 Å². The number of thioether (sulfide) groups is 1. The topological polar surface area (TPSA) is 114 Å². The Labute approximate surface area is 220 Å². The van der Waals surface area contributed by atoms with Crippen molar-refractivity contribution in [1.29, 1.82) is 0 Å².